The average Bonchev–Trinajstić information content (AvgIpc) is 2.64. The van der Waals surface area contributed by atoms with Gasteiger partial charge in [0.15, 0.2) is 0 Å². The van der Waals surface area contributed by atoms with Crippen molar-refractivity contribution >= 4 is 29.2 Å². The van der Waals surface area contributed by atoms with E-state index in [0.29, 0.717) is 32.8 Å². The van der Waals surface area contributed by atoms with E-state index in [4.69, 9.17) is 16.3 Å². The van der Waals surface area contributed by atoms with E-state index in [9.17, 15) is 22.8 Å². The summed E-state index contributed by atoms with van der Waals surface area (Å²) in [5.74, 6) is -0.666. The molecule has 0 saturated carbocycles. The van der Waals surface area contributed by atoms with Crippen LogP contribution in [0, 0.1) is 0 Å². The van der Waals surface area contributed by atoms with Crippen LogP contribution in [0.2, 0.25) is 5.02 Å². The molecule has 0 aromatic heterocycles. The third-order valence-corrected chi connectivity index (χ3v) is 4.83. The van der Waals surface area contributed by atoms with E-state index in [1.165, 1.54) is 6.07 Å². The zero-order chi connectivity index (χ0) is 21.4. The number of rotatable bonds is 8. The molecule has 0 unspecified atom stereocenters. The minimum Gasteiger partial charge on any atom is -0.465 e. The second-order valence-corrected chi connectivity index (χ2v) is 7.27. The Morgan fingerprint density at radius 2 is 1.76 bits per heavy atom. The molecule has 29 heavy (non-hydrogen) atoms. The Morgan fingerprint density at radius 1 is 1.14 bits per heavy atom. The van der Waals surface area contributed by atoms with Crippen molar-refractivity contribution in [3.05, 3.63) is 28.8 Å². The van der Waals surface area contributed by atoms with E-state index in [1.807, 2.05) is 16.7 Å². The van der Waals surface area contributed by atoms with Crippen molar-refractivity contribution in [2.45, 2.75) is 25.9 Å². The molecule has 1 heterocycles. The Bertz CT molecular complexity index is 708. The summed E-state index contributed by atoms with van der Waals surface area (Å²) in [5, 5.41) is 2.06. The molecule has 162 valence electrons. The topological polar surface area (TPSA) is 61.9 Å². The average molecular weight is 436 g/mol. The SMILES string of the molecule is CCCCOC(=O)CN1CCN(CC(=O)Nc2ccc(Cl)c(C(F)(F)F)c2)CC1. The molecule has 1 amide bonds. The van der Waals surface area contributed by atoms with Gasteiger partial charge in [-0.25, -0.2) is 0 Å². The number of alkyl halides is 3. The number of unbranched alkanes of at least 4 members (excludes halogenated alkanes) is 1. The second-order valence-electron chi connectivity index (χ2n) is 6.87. The highest BCUT2D eigenvalue weighted by Gasteiger charge is 2.33. The lowest BCUT2D eigenvalue weighted by Gasteiger charge is -2.33. The van der Waals surface area contributed by atoms with Gasteiger partial charge >= 0.3 is 12.1 Å². The maximum absolute atomic E-state index is 12.9. The summed E-state index contributed by atoms with van der Waals surface area (Å²) >= 11 is 5.58. The molecular formula is C19H25ClF3N3O3. The van der Waals surface area contributed by atoms with E-state index >= 15 is 0 Å². The monoisotopic (exact) mass is 435 g/mol. The summed E-state index contributed by atoms with van der Waals surface area (Å²) in [6, 6.07) is 3.26. The van der Waals surface area contributed by atoms with Gasteiger partial charge in [0.1, 0.15) is 0 Å². The lowest BCUT2D eigenvalue weighted by Crippen LogP contribution is -2.50. The van der Waals surface area contributed by atoms with Crippen LogP contribution in [0.3, 0.4) is 0 Å². The second kappa shape index (κ2) is 10.8. The fourth-order valence-electron chi connectivity index (χ4n) is 2.89. The van der Waals surface area contributed by atoms with E-state index < -0.39 is 22.7 Å². The number of hydrogen-bond acceptors (Lipinski definition) is 5. The largest absolute Gasteiger partial charge is 0.465 e. The summed E-state index contributed by atoms with van der Waals surface area (Å²) in [5.41, 5.74) is -0.948. The van der Waals surface area contributed by atoms with Crippen LogP contribution in [-0.4, -0.2) is 67.6 Å². The molecular weight excluding hydrogens is 411 g/mol. The van der Waals surface area contributed by atoms with Crippen LogP contribution in [0.5, 0.6) is 0 Å². The highest BCUT2D eigenvalue weighted by molar-refractivity contribution is 6.31. The first-order chi connectivity index (χ1) is 13.7. The van der Waals surface area contributed by atoms with Crippen LogP contribution in [-0.2, 0) is 20.5 Å². The minimum atomic E-state index is -4.59. The van der Waals surface area contributed by atoms with Crippen LogP contribution in [0.4, 0.5) is 18.9 Å². The molecule has 1 aromatic rings. The molecule has 0 spiro atoms. The maximum atomic E-state index is 12.9. The number of ether oxygens (including phenoxy) is 1. The first kappa shape index (κ1) is 23.4. The molecule has 1 aromatic carbocycles. The number of hydrogen-bond donors (Lipinski definition) is 1. The van der Waals surface area contributed by atoms with Crippen molar-refractivity contribution in [1.29, 1.82) is 0 Å². The summed E-state index contributed by atoms with van der Waals surface area (Å²) in [4.78, 5) is 27.8. The fraction of sp³-hybridized carbons (Fsp3) is 0.579. The molecule has 0 radical (unpaired) electrons. The van der Waals surface area contributed by atoms with E-state index in [-0.39, 0.29) is 24.7 Å². The Hall–Kier alpha value is -1.84. The van der Waals surface area contributed by atoms with Crippen molar-refractivity contribution in [1.82, 2.24) is 9.80 Å². The summed E-state index contributed by atoms with van der Waals surface area (Å²) in [6.07, 6.45) is -2.79. The number of amides is 1. The van der Waals surface area contributed by atoms with Crippen molar-refractivity contribution in [3.8, 4) is 0 Å². The first-order valence-corrected chi connectivity index (χ1v) is 9.83. The van der Waals surface area contributed by atoms with Crippen molar-refractivity contribution in [3.63, 3.8) is 0 Å². The normalized spacial score (nSPS) is 15.9. The van der Waals surface area contributed by atoms with Gasteiger partial charge in [-0.2, -0.15) is 13.2 Å². The summed E-state index contributed by atoms with van der Waals surface area (Å²) in [6.45, 7) is 5.08. The molecule has 6 nitrogen and oxygen atoms in total. The first-order valence-electron chi connectivity index (χ1n) is 9.46. The predicted octanol–water partition coefficient (Wildman–Crippen LogP) is 3.26. The molecule has 1 aliphatic rings. The number of benzene rings is 1. The molecule has 0 aliphatic carbocycles. The molecule has 2 rings (SSSR count). The highest BCUT2D eigenvalue weighted by Crippen LogP contribution is 2.36. The lowest BCUT2D eigenvalue weighted by molar-refractivity contribution is -0.145. The molecule has 1 fully saturated rings. The Labute approximate surface area is 172 Å². The summed E-state index contributed by atoms with van der Waals surface area (Å²) < 4.78 is 43.9. The zero-order valence-electron chi connectivity index (χ0n) is 16.2. The van der Waals surface area contributed by atoms with Gasteiger partial charge in [0.2, 0.25) is 5.91 Å². The van der Waals surface area contributed by atoms with Gasteiger partial charge in [-0.15, -0.1) is 0 Å². The summed E-state index contributed by atoms with van der Waals surface area (Å²) in [7, 11) is 0. The number of nitrogens with one attached hydrogen (secondary N) is 1. The highest BCUT2D eigenvalue weighted by atomic mass is 35.5. The molecule has 0 atom stereocenters. The molecule has 10 heteroatoms. The Kier molecular flexibility index (Phi) is 8.73. The van der Waals surface area contributed by atoms with Crippen LogP contribution < -0.4 is 5.32 Å². The molecule has 1 N–H and O–H groups in total. The van der Waals surface area contributed by atoms with Crippen LogP contribution in [0.25, 0.3) is 0 Å². The van der Waals surface area contributed by atoms with Gasteiger partial charge in [-0.3, -0.25) is 19.4 Å². The van der Waals surface area contributed by atoms with Gasteiger partial charge in [0.05, 0.1) is 30.3 Å². The number of piperazine rings is 1. The third kappa shape index (κ3) is 7.83. The van der Waals surface area contributed by atoms with E-state index in [2.05, 4.69) is 5.32 Å². The van der Waals surface area contributed by atoms with Crippen molar-refractivity contribution < 1.29 is 27.5 Å². The molecule has 0 bridgehead atoms. The van der Waals surface area contributed by atoms with E-state index in [1.54, 1.807) is 0 Å². The molecule has 1 saturated heterocycles. The maximum Gasteiger partial charge on any atom is 0.417 e. The van der Waals surface area contributed by atoms with E-state index in [0.717, 1.165) is 25.0 Å². The minimum absolute atomic E-state index is 0.0418. The Balaban J connectivity index is 1.77. The van der Waals surface area contributed by atoms with Gasteiger partial charge in [-0.1, -0.05) is 24.9 Å². The van der Waals surface area contributed by atoms with Gasteiger partial charge < -0.3 is 10.1 Å². The van der Waals surface area contributed by atoms with Gasteiger partial charge in [-0.05, 0) is 24.6 Å². The number of carbonyl (C=O) groups is 2. The molecule has 1 aliphatic heterocycles. The number of esters is 1. The fourth-order valence-corrected chi connectivity index (χ4v) is 3.11. The quantitative estimate of drug-likeness (QED) is 0.501. The number of nitrogens with zero attached hydrogens (tertiary/aromatic N) is 2. The van der Waals surface area contributed by atoms with Crippen LogP contribution in [0.15, 0.2) is 18.2 Å². The predicted molar refractivity (Wildman–Crippen MR) is 104 cm³/mol. The standard InChI is InChI=1S/C19H25ClF3N3O3/c1-2-3-10-29-18(28)13-26-8-6-25(7-9-26)12-17(27)24-14-4-5-16(20)15(11-14)19(21,22)23/h4-5,11H,2-3,6-10,12-13H2,1H3,(H,24,27). The zero-order valence-corrected chi connectivity index (χ0v) is 17.0. The van der Waals surface area contributed by atoms with Crippen molar-refractivity contribution in [2.75, 3.05) is 51.2 Å². The number of halogens is 4. The van der Waals surface area contributed by atoms with Crippen LogP contribution >= 0.6 is 11.6 Å². The van der Waals surface area contributed by atoms with Gasteiger partial charge in [0.25, 0.3) is 0 Å². The lowest BCUT2D eigenvalue weighted by atomic mass is 10.2. The smallest absolute Gasteiger partial charge is 0.417 e. The third-order valence-electron chi connectivity index (χ3n) is 4.50. The van der Waals surface area contributed by atoms with Gasteiger partial charge in [0, 0.05) is 31.9 Å². The van der Waals surface area contributed by atoms with Crippen molar-refractivity contribution in [2.24, 2.45) is 0 Å². The number of anilines is 1. The Morgan fingerprint density at radius 3 is 2.34 bits per heavy atom. The van der Waals surface area contributed by atoms with Crippen LogP contribution in [0.1, 0.15) is 25.3 Å². The number of carbonyl (C=O) groups excluding carboxylic acids is 2.